The van der Waals surface area contributed by atoms with Gasteiger partial charge in [-0.15, -0.1) is 0 Å². The van der Waals surface area contributed by atoms with Crippen LogP contribution in [0.2, 0.25) is 0 Å². The van der Waals surface area contributed by atoms with Crippen LogP contribution in [0.4, 0.5) is 0 Å². The molecule has 0 saturated heterocycles. The van der Waals surface area contributed by atoms with Crippen LogP contribution in [0.25, 0.3) is 0 Å². The summed E-state index contributed by atoms with van der Waals surface area (Å²) < 4.78 is 19.6. The molecule has 32 heavy (non-hydrogen) atoms. The number of carbonyl (C=O) groups is 4. The minimum Gasteiger partial charge on any atom is -0.465 e. The van der Waals surface area contributed by atoms with Gasteiger partial charge >= 0.3 is 23.9 Å². The van der Waals surface area contributed by atoms with Crippen molar-refractivity contribution in [1.29, 1.82) is 0 Å². The SMILES string of the molecule is COC(=O)c1ccc(OC(=O)c2ccc(C(=O)Oc3ccc(C(=O)OC)cc3)nc2)cc1. The molecule has 0 bridgehead atoms. The molecule has 1 aromatic heterocycles. The zero-order valence-electron chi connectivity index (χ0n) is 17.1. The Morgan fingerprint density at radius 3 is 1.41 bits per heavy atom. The summed E-state index contributed by atoms with van der Waals surface area (Å²) in [6, 6.07) is 14.3. The number of benzene rings is 2. The van der Waals surface area contributed by atoms with Crippen molar-refractivity contribution in [2.24, 2.45) is 0 Å². The Labute approximate surface area is 182 Å². The lowest BCUT2D eigenvalue weighted by molar-refractivity contribution is 0.0591. The summed E-state index contributed by atoms with van der Waals surface area (Å²) >= 11 is 0. The molecular weight excluding hydrogens is 418 g/mol. The third-order valence-corrected chi connectivity index (χ3v) is 4.18. The van der Waals surface area contributed by atoms with Crippen molar-refractivity contribution in [3.63, 3.8) is 0 Å². The highest BCUT2D eigenvalue weighted by Gasteiger charge is 2.15. The molecule has 2 aromatic carbocycles. The van der Waals surface area contributed by atoms with Gasteiger partial charge in [-0.1, -0.05) is 0 Å². The van der Waals surface area contributed by atoms with E-state index in [1.807, 2.05) is 0 Å². The lowest BCUT2D eigenvalue weighted by Gasteiger charge is -2.07. The second kappa shape index (κ2) is 9.98. The molecule has 0 atom stereocenters. The van der Waals surface area contributed by atoms with E-state index in [9.17, 15) is 19.2 Å². The fourth-order valence-corrected chi connectivity index (χ4v) is 2.51. The summed E-state index contributed by atoms with van der Waals surface area (Å²) in [5.41, 5.74) is 0.715. The van der Waals surface area contributed by atoms with Crippen molar-refractivity contribution >= 4 is 23.9 Å². The number of aromatic nitrogens is 1. The first-order valence-corrected chi connectivity index (χ1v) is 9.18. The van der Waals surface area contributed by atoms with E-state index in [1.165, 1.54) is 81.1 Å². The predicted molar refractivity (Wildman–Crippen MR) is 110 cm³/mol. The zero-order valence-corrected chi connectivity index (χ0v) is 17.1. The van der Waals surface area contributed by atoms with Gasteiger partial charge in [0.15, 0.2) is 0 Å². The van der Waals surface area contributed by atoms with E-state index in [1.54, 1.807) is 0 Å². The molecule has 0 spiro atoms. The maximum absolute atomic E-state index is 12.3. The Hall–Kier alpha value is -4.53. The fraction of sp³-hybridized carbons (Fsp3) is 0.0870. The molecule has 3 aromatic rings. The van der Waals surface area contributed by atoms with Gasteiger partial charge in [-0.05, 0) is 60.7 Å². The predicted octanol–water partition coefficient (Wildman–Crippen LogP) is 3.09. The zero-order chi connectivity index (χ0) is 23.1. The molecule has 0 N–H and O–H groups in total. The summed E-state index contributed by atoms with van der Waals surface area (Å²) in [7, 11) is 2.53. The van der Waals surface area contributed by atoms with Crippen LogP contribution in [-0.4, -0.2) is 43.1 Å². The minimum atomic E-state index is -0.742. The third kappa shape index (κ3) is 5.33. The normalized spacial score (nSPS) is 10.1. The monoisotopic (exact) mass is 435 g/mol. The largest absolute Gasteiger partial charge is 0.465 e. The lowest BCUT2D eigenvalue weighted by Crippen LogP contribution is -2.13. The number of nitrogens with zero attached hydrogens (tertiary/aromatic N) is 1. The van der Waals surface area contributed by atoms with Crippen LogP contribution >= 0.6 is 0 Å². The van der Waals surface area contributed by atoms with Crippen molar-refractivity contribution in [3.8, 4) is 11.5 Å². The van der Waals surface area contributed by atoms with Gasteiger partial charge in [0.1, 0.15) is 17.2 Å². The Kier molecular flexibility index (Phi) is 6.92. The molecule has 1 heterocycles. The molecule has 9 heteroatoms. The maximum atomic E-state index is 12.3. The molecule has 162 valence electrons. The van der Waals surface area contributed by atoms with Gasteiger partial charge < -0.3 is 18.9 Å². The van der Waals surface area contributed by atoms with Crippen LogP contribution in [0.3, 0.4) is 0 Å². The molecule has 3 rings (SSSR count). The number of hydrogen-bond acceptors (Lipinski definition) is 9. The number of rotatable bonds is 6. The molecule has 0 aliphatic heterocycles. The topological polar surface area (TPSA) is 118 Å². The third-order valence-electron chi connectivity index (χ3n) is 4.18. The van der Waals surface area contributed by atoms with Gasteiger partial charge in [0.25, 0.3) is 0 Å². The second-order valence-corrected chi connectivity index (χ2v) is 6.24. The van der Waals surface area contributed by atoms with Crippen LogP contribution < -0.4 is 9.47 Å². The maximum Gasteiger partial charge on any atom is 0.362 e. The van der Waals surface area contributed by atoms with Crippen LogP contribution in [-0.2, 0) is 9.47 Å². The highest BCUT2D eigenvalue weighted by molar-refractivity contribution is 5.94. The summed E-state index contributed by atoms with van der Waals surface area (Å²) in [4.78, 5) is 51.3. The summed E-state index contributed by atoms with van der Waals surface area (Å²) in [6.45, 7) is 0. The van der Waals surface area contributed by atoms with E-state index in [4.69, 9.17) is 9.47 Å². The van der Waals surface area contributed by atoms with E-state index in [-0.39, 0.29) is 22.8 Å². The van der Waals surface area contributed by atoms with E-state index >= 15 is 0 Å². The highest BCUT2D eigenvalue weighted by atomic mass is 16.5. The number of hydrogen-bond donors (Lipinski definition) is 0. The van der Waals surface area contributed by atoms with Gasteiger partial charge in [0.2, 0.25) is 0 Å². The smallest absolute Gasteiger partial charge is 0.362 e. The van der Waals surface area contributed by atoms with Crippen molar-refractivity contribution in [2.75, 3.05) is 14.2 Å². The van der Waals surface area contributed by atoms with Crippen molar-refractivity contribution in [2.45, 2.75) is 0 Å². The number of esters is 4. The molecule has 0 amide bonds. The number of carbonyl (C=O) groups excluding carboxylic acids is 4. The van der Waals surface area contributed by atoms with Gasteiger partial charge in [0.05, 0.1) is 30.9 Å². The van der Waals surface area contributed by atoms with Gasteiger partial charge in [-0.3, -0.25) is 0 Å². The number of ether oxygens (including phenoxy) is 4. The van der Waals surface area contributed by atoms with E-state index in [2.05, 4.69) is 14.5 Å². The molecule has 0 aliphatic rings. The molecule has 0 unspecified atom stereocenters. The number of methoxy groups -OCH3 is 2. The summed E-state index contributed by atoms with van der Waals surface area (Å²) in [5.74, 6) is -2.01. The molecule has 0 aliphatic carbocycles. The van der Waals surface area contributed by atoms with E-state index in [0.29, 0.717) is 11.1 Å². The van der Waals surface area contributed by atoms with Gasteiger partial charge in [-0.2, -0.15) is 0 Å². The van der Waals surface area contributed by atoms with Crippen LogP contribution in [0, 0.1) is 0 Å². The van der Waals surface area contributed by atoms with E-state index in [0.717, 1.165) is 0 Å². The van der Waals surface area contributed by atoms with Crippen molar-refractivity contribution in [1.82, 2.24) is 4.98 Å². The quantitative estimate of drug-likeness (QED) is 0.425. The highest BCUT2D eigenvalue weighted by Crippen LogP contribution is 2.16. The van der Waals surface area contributed by atoms with Crippen LogP contribution in [0.5, 0.6) is 11.5 Å². The Morgan fingerprint density at radius 1 is 0.562 bits per heavy atom. The summed E-state index contributed by atoms with van der Waals surface area (Å²) in [6.07, 6.45) is 1.18. The minimum absolute atomic E-state index is 0.0268. The fourth-order valence-electron chi connectivity index (χ4n) is 2.51. The molecule has 0 fully saturated rings. The van der Waals surface area contributed by atoms with Crippen molar-refractivity contribution in [3.05, 3.63) is 89.2 Å². The molecule has 0 radical (unpaired) electrons. The Bertz CT molecular complexity index is 1040. The van der Waals surface area contributed by atoms with Gasteiger partial charge in [0, 0.05) is 6.20 Å². The summed E-state index contributed by atoms with van der Waals surface area (Å²) in [5, 5.41) is 0. The average Bonchev–Trinajstić information content (AvgIpc) is 2.84. The standard InChI is InChI=1S/C23H17NO8/c1-29-20(25)14-3-8-17(9-4-14)31-22(27)16-7-12-19(24-13-16)23(28)32-18-10-5-15(6-11-18)21(26)30-2/h3-13H,1-2H3. The number of pyridine rings is 1. The molecule has 9 nitrogen and oxygen atoms in total. The second-order valence-electron chi connectivity index (χ2n) is 6.24. The lowest BCUT2D eigenvalue weighted by atomic mass is 10.2. The van der Waals surface area contributed by atoms with Crippen LogP contribution in [0.15, 0.2) is 66.9 Å². The molecular formula is C23H17NO8. The molecule has 0 saturated carbocycles. The van der Waals surface area contributed by atoms with E-state index < -0.39 is 23.9 Å². The van der Waals surface area contributed by atoms with Crippen molar-refractivity contribution < 1.29 is 38.1 Å². The average molecular weight is 435 g/mol. The Balaban J connectivity index is 1.61. The first-order chi connectivity index (χ1) is 15.4. The first kappa shape index (κ1) is 22.2. The van der Waals surface area contributed by atoms with Gasteiger partial charge in [-0.25, -0.2) is 24.2 Å². The Morgan fingerprint density at radius 2 is 1.00 bits per heavy atom. The first-order valence-electron chi connectivity index (χ1n) is 9.18. The van der Waals surface area contributed by atoms with Crippen LogP contribution in [0.1, 0.15) is 41.6 Å².